The Balaban J connectivity index is 0.898. The Morgan fingerprint density at radius 3 is 2.39 bits per heavy atom. The minimum absolute atomic E-state index is 0.0155. The Labute approximate surface area is 484 Å². The van der Waals surface area contributed by atoms with Crippen molar-refractivity contribution in [1.82, 2.24) is 26.6 Å². The lowest BCUT2D eigenvalue weighted by Crippen LogP contribution is -2.71. The first kappa shape index (κ1) is 64.2. The molecule has 1 heterocycles. The average molecular weight is 1160 g/mol. The Bertz CT molecular complexity index is 2680. The first-order valence-electron chi connectivity index (χ1n) is 29.4. The fraction of sp³-hybridized carbons (Fsp3) is 0.667. The summed E-state index contributed by atoms with van der Waals surface area (Å²) in [6.07, 6.45) is 4.53. The summed E-state index contributed by atoms with van der Waals surface area (Å²) >= 11 is 0. The van der Waals surface area contributed by atoms with Crippen molar-refractivity contribution in [2.45, 2.75) is 198 Å². The number of benzene rings is 1. The monoisotopic (exact) mass is 1160 g/mol. The average Bonchev–Trinajstić information content (AvgIpc) is 1.63. The lowest BCUT2D eigenvalue weighted by Gasteiger charge is -2.63. The molecule has 7 amide bonds. The van der Waals surface area contributed by atoms with E-state index in [9.17, 15) is 43.5 Å². The van der Waals surface area contributed by atoms with Crippen LogP contribution in [0.15, 0.2) is 48.1 Å². The number of carbonyl (C=O) groups is 8. The van der Waals surface area contributed by atoms with Crippen LogP contribution < -0.4 is 43.4 Å². The van der Waals surface area contributed by atoms with Gasteiger partial charge in [0.2, 0.25) is 23.6 Å². The minimum Gasteiger partial charge on any atom is -0.445 e. The van der Waals surface area contributed by atoms with Crippen molar-refractivity contribution in [2.24, 2.45) is 40.1 Å². The van der Waals surface area contributed by atoms with Crippen LogP contribution in [0.5, 0.6) is 0 Å². The predicted molar refractivity (Wildman–Crippen MR) is 301 cm³/mol. The molecule has 1 aromatic rings. The van der Waals surface area contributed by atoms with Gasteiger partial charge in [-0.2, -0.15) is 0 Å². The predicted octanol–water partition coefficient (Wildman–Crippen LogP) is 4.67. The molecular weight excluding hydrogens is 1080 g/mol. The number of alkyl carbamates (subject to hydrolysis) is 1. The van der Waals surface area contributed by atoms with Crippen LogP contribution in [0.2, 0.25) is 0 Å². The number of ketones is 2. The molecule has 4 fully saturated rings. The molecule has 5 aliphatic carbocycles. The van der Waals surface area contributed by atoms with Crippen molar-refractivity contribution >= 4 is 53.0 Å². The molecule has 1 aliphatic heterocycles. The smallest absolute Gasteiger partial charge is 0.407 e. The number of allylic oxidation sites excluding steroid dienone is 4. The number of hydrogen-bond acceptors (Lipinski definition) is 14. The lowest BCUT2D eigenvalue weighted by molar-refractivity contribution is -0.233. The molecule has 1 aromatic carbocycles. The van der Waals surface area contributed by atoms with E-state index in [1.807, 2.05) is 6.92 Å². The summed E-state index contributed by atoms with van der Waals surface area (Å²) in [6.45, 7) is 8.17. The zero-order valence-electron chi connectivity index (χ0n) is 48.3. The first-order chi connectivity index (χ1) is 39.5. The maximum atomic E-state index is 17.9. The van der Waals surface area contributed by atoms with Crippen LogP contribution in [0.4, 0.5) is 24.1 Å². The fourth-order valence-electron chi connectivity index (χ4n) is 13.3. The zero-order chi connectivity index (χ0) is 60.3. The third-order valence-corrected chi connectivity index (χ3v) is 17.7. The highest BCUT2D eigenvalue weighted by Gasteiger charge is 2.80. The standard InChI is InChI=1S/C60H84F2N8O13/c1-6-15-50-82-48-30-40-41-29-43(61)42-28-38(71)24-25-57(42,4)59(41,62)46(72)31-58(40,5)60(48,83-50)47(73)32-67-56(79)81-33-36-20-22-37(23-21-36)68-53(76)45(19-14-27-66-55(64)78)69-54(77)51(35(2)3)70-52(75)44(63)18-12-13-26-65-49(74)34-80-39-16-10-8-7-9-11-17-39/h20-25,28,35,39-41,43-46,48,50-51,72H,6-10,12-16,18-19,26-27,29-34,63H2,1-5H3,(H,65,74)(H,67,79)(H,68,76)(H,69,77)(H,70,75)(H3,64,66,78)/t39?,40-,41-,43-,44-,45-,46-,48+,50?,51-,57-,58-,59-,60+/m0/s1. The van der Waals surface area contributed by atoms with Gasteiger partial charge in [0.05, 0.1) is 24.8 Å². The Morgan fingerprint density at radius 2 is 1.66 bits per heavy atom. The molecule has 6 aliphatic rings. The molecule has 23 heteroatoms. The van der Waals surface area contributed by atoms with Gasteiger partial charge in [-0.05, 0) is 131 Å². The summed E-state index contributed by atoms with van der Waals surface area (Å²) in [4.78, 5) is 105. The summed E-state index contributed by atoms with van der Waals surface area (Å²) in [6, 6.07) is 2.33. The molecule has 2 unspecified atom stereocenters. The van der Waals surface area contributed by atoms with Gasteiger partial charge in [0.25, 0.3) is 0 Å². The maximum absolute atomic E-state index is 17.9. The number of anilines is 1. The van der Waals surface area contributed by atoms with Crippen molar-refractivity contribution in [1.29, 1.82) is 0 Å². The van der Waals surface area contributed by atoms with Crippen molar-refractivity contribution in [2.75, 3.05) is 31.6 Å². The molecule has 0 radical (unpaired) electrons. The molecule has 0 spiro atoms. The SMILES string of the molecule is CCCC1O[C@@H]2C[C@H]3[C@@H]4C[C@H](F)C5=CC(=O)C=C[C@]5(C)[C@@]4(F)[C@@H](O)C[C@]3(C)[C@]2(C(=O)CNC(=O)OCc2ccc(NC(=O)[C@H](CCCNC(N)=O)NC(=O)[C@@H](NC(=O)[C@@H](N)CCCCNC(=O)COC3C#CCCCCC3)C(C)C)cc2)O1. The Morgan fingerprint density at radius 1 is 0.916 bits per heavy atom. The highest BCUT2D eigenvalue weighted by molar-refractivity contribution is 6.01. The van der Waals surface area contributed by atoms with Crippen LogP contribution in [-0.2, 0) is 54.3 Å². The topological polar surface area (TPSA) is 318 Å². The minimum atomic E-state index is -2.38. The number of carbonyl (C=O) groups excluding carboxylic acids is 8. The number of hydrogen-bond donors (Lipinski definition) is 9. The second kappa shape index (κ2) is 28.0. The number of fused-ring (bicyclic) bond motifs is 7. The van der Waals surface area contributed by atoms with E-state index in [1.165, 1.54) is 19.1 Å². The van der Waals surface area contributed by atoms with Crippen molar-refractivity contribution in [3.8, 4) is 11.8 Å². The van der Waals surface area contributed by atoms with Crippen molar-refractivity contribution in [3.05, 3.63) is 53.6 Å². The quantitative estimate of drug-likeness (QED) is 0.0450. The maximum Gasteiger partial charge on any atom is 0.407 e. The van der Waals surface area contributed by atoms with E-state index in [-0.39, 0.29) is 75.9 Å². The van der Waals surface area contributed by atoms with E-state index in [2.05, 4.69) is 43.7 Å². The number of urea groups is 1. The van der Waals surface area contributed by atoms with Crippen molar-refractivity contribution < 1.29 is 71.2 Å². The van der Waals surface area contributed by atoms with Crippen LogP contribution >= 0.6 is 0 Å². The van der Waals surface area contributed by atoms with Gasteiger partial charge in [0.1, 0.15) is 37.6 Å². The van der Waals surface area contributed by atoms with Crippen LogP contribution in [0, 0.1) is 40.4 Å². The summed E-state index contributed by atoms with van der Waals surface area (Å²) in [7, 11) is 0. The number of primary amides is 1. The van der Waals surface area contributed by atoms with Gasteiger partial charge in [-0.15, -0.1) is 5.92 Å². The first-order valence-corrected chi connectivity index (χ1v) is 29.4. The largest absolute Gasteiger partial charge is 0.445 e. The molecular formula is C60H84F2N8O13. The van der Waals surface area contributed by atoms with Gasteiger partial charge < -0.3 is 67.4 Å². The number of alkyl halides is 2. The number of nitrogens with one attached hydrogen (secondary N) is 6. The van der Waals surface area contributed by atoms with E-state index in [1.54, 1.807) is 45.0 Å². The van der Waals surface area contributed by atoms with E-state index in [0.717, 1.165) is 38.2 Å². The molecule has 1 saturated heterocycles. The number of ether oxygens (including phenoxy) is 4. The third-order valence-electron chi connectivity index (χ3n) is 17.7. The molecule has 0 bridgehead atoms. The molecule has 11 N–H and O–H groups in total. The number of unbranched alkanes of at least 4 members (excludes halogenated alkanes) is 1. The van der Waals surface area contributed by atoms with E-state index < -0.39 is 131 Å². The summed E-state index contributed by atoms with van der Waals surface area (Å²) < 4.78 is 58.1. The number of Topliss-reactive ketones (excluding diaryl/α,β-unsaturated/α-hetero) is 1. The molecule has 21 nitrogen and oxygen atoms in total. The molecule has 3 saturated carbocycles. The number of rotatable bonds is 26. The number of nitrogens with two attached hydrogens (primary N) is 2. The third kappa shape index (κ3) is 14.4. The summed E-state index contributed by atoms with van der Waals surface area (Å²) in [5.41, 5.74) is 5.27. The van der Waals surface area contributed by atoms with Crippen LogP contribution in [0.3, 0.4) is 0 Å². The lowest BCUT2D eigenvalue weighted by atomic mass is 9.44. The molecule has 83 heavy (non-hydrogen) atoms. The van der Waals surface area contributed by atoms with Crippen LogP contribution in [-0.4, -0.2) is 139 Å². The van der Waals surface area contributed by atoms with Crippen LogP contribution in [0.1, 0.15) is 136 Å². The normalized spacial score (nSPS) is 30.6. The van der Waals surface area contributed by atoms with Gasteiger partial charge in [-0.25, -0.2) is 18.4 Å². The van der Waals surface area contributed by atoms with E-state index in [0.29, 0.717) is 43.5 Å². The highest BCUT2D eigenvalue weighted by atomic mass is 19.1. The second-order valence-electron chi connectivity index (χ2n) is 23.7. The molecule has 0 aromatic heterocycles. The van der Waals surface area contributed by atoms with Gasteiger partial charge in [-0.1, -0.05) is 64.7 Å². The number of aliphatic hydroxyl groups is 1. The Hall–Kier alpha value is -6.32. The summed E-state index contributed by atoms with van der Waals surface area (Å²) in [5.74, 6) is 0.868. The number of amides is 7. The zero-order valence-corrected chi connectivity index (χ0v) is 48.3. The fourth-order valence-corrected chi connectivity index (χ4v) is 13.3. The van der Waals surface area contributed by atoms with Crippen LogP contribution in [0.25, 0.3) is 0 Å². The van der Waals surface area contributed by atoms with Gasteiger partial charge in [-0.3, -0.25) is 28.8 Å². The Kier molecular flexibility index (Phi) is 21.7. The second-order valence-corrected chi connectivity index (χ2v) is 23.7. The highest BCUT2D eigenvalue weighted by Crippen LogP contribution is 2.72. The van der Waals surface area contributed by atoms with E-state index >= 15 is 8.78 Å². The molecule has 7 rings (SSSR count). The molecule has 456 valence electrons. The van der Waals surface area contributed by atoms with Gasteiger partial charge in [0, 0.05) is 41.9 Å². The van der Waals surface area contributed by atoms with Gasteiger partial charge >= 0.3 is 12.1 Å². The number of aliphatic hydroxyl groups excluding tert-OH is 1. The van der Waals surface area contributed by atoms with Crippen molar-refractivity contribution in [3.63, 3.8) is 0 Å². The number of halogens is 2. The van der Waals surface area contributed by atoms with Gasteiger partial charge in [0.15, 0.2) is 29.1 Å². The summed E-state index contributed by atoms with van der Waals surface area (Å²) in [5, 5.41) is 27.9. The van der Waals surface area contributed by atoms with E-state index in [4.69, 9.17) is 30.4 Å². The molecule has 14 atom stereocenters.